The normalized spacial score (nSPS) is 20.7. The molecule has 0 spiro atoms. The van der Waals surface area contributed by atoms with E-state index in [-0.39, 0.29) is 18.6 Å². The second-order valence-corrected chi connectivity index (χ2v) is 13.0. The average Bonchev–Trinajstić information content (AvgIpc) is 3.29. The van der Waals surface area contributed by atoms with Gasteiger partial charge in [-0.25, -0.2) is 9.79 Å². The number of hydrogen-bond acceptors (Lipinski definition) is 7. The van der Waals surface area contributed by atoms with Gasteiger partial charge in [0.25, 0.3) is 0 Å². The minimum absolute atomic E-state index is 0.193. The topological polar surface area (TPSA) is 92.7 Å². The molecule has 1 unspecified atom stereocenters. The zero-order chi connectivity index (χ0) is 31.3. The van der Waals surface area contributed by atoms with Gasteiger partial charge in [-0.05, 0) is 57.1 Å². The van der Waals surface area contributed by atoms with Crippen LogP contribution < -0.4 is 5.32 Å². The molecule has 0 radical (unpaired) electrons. The molecule has 1 aliphatic heterocycles. The molecule has 2 atom stereocenters. The third-order valence-electron chi connectivity index (χ3n) is 8.84. The third kappa shape index (κ3) is 11.3. The molecule has 2 aliphatic rings. The SMILES string of the molecule is C=C(CC(NCC[C@H]1COC(C)(C)N1C(=O)OCc1ccccc1)C(=O)OC)N=CN(C)CCC1(C)CCCCCCC1. The highest BCUT2D eigenvalue weighted by Crippen LogP contribution is 2.36. The molecule has 1 aromatic rings. The number of hydrogen-bond donors (Lipinski definition) is 1. The van der Waals surface area contributed by atoms with Gasteiger partial charge in [-0.15, -0.1) is 0 Å². The number of amides is 1. The Morgan fingerprint density at radius 2 is 1.84 bits per heavy atom. The van der Waals surface area contributed by atoms with Gasteiger partial charge in [-0.2, -0.15) is 0 Å². The summed E-state index contributed by atoms with van der Waals surface area (Å²) in [5.74, 6) is -0.371. The lowest BCUT2D eigenvalue weighted by molar-refractivity contribution is -0.143. The van der Waals surface area contributed by atoms with Crippen LogP contribution in [0.2, 0.25) is 0 Å². The molecule has 1 saturated carbocycles. The van der Waals surface area contributed by atoms with Crippen molar-refractivity contribution >= 4 is 18.4 Å². The predicted octanol–water partition coefficient (Wildman–Crippen LogP) is 6.29. The van der Waals surface area contributed by atoms with Crippen LogP contribution in [-0.2, 0) is 25.6 Å². The molecule has 240 valence electrons. The molecule has 0 bridgehead atoms. The lowest BCUT2D eigenvalue weighted by atomic mass is 9.75. The van der Waals surface area contributed by atoms with E-state index in [1.807, 2.05) is 57.6 Å². The van der Waals surface area contributed by atoms with Crippen LogP contribution in [0.25, 0.3) is 0 Å². The van der Waals surface area contributed by atoms with Gasteiger partial charge in [0, 0.05) is 25.7 Å². The number of rotatable bonds is 14. The van der Waals surface area contributed by atoms with Crippen LogP contribution in [0.4, 0.5) is 4.79 Å². The van der Waals surface area contributed by atoms with Gasteiger partial charge in [-0.1, -0.05) is 75.9 Å². The third-order valence-corrected chi connectivity index (χ3v) is 8.84. The first-order valence-electron chi connectivity index (χ1n) is 15.9. The number of ether oxygens (including phenoxy) is 3. The Morgan fingerprint density at radius 1 is 1.16 bits per heavy atom. The lowest BCUT2D eigenvalue weighted by Gasteiger charge is -2.33. The highest BCUT2D eigenvalue weighted by Gasteiger charge is 2.44. The molecule has 1 heterocycles. The first-order chi connectivity index (χ1) is 20.5. The molecular formula is C34H54N4O5. The smallest absolute Gasteiger partial charge is 0.412 e. The molecule has 2 fully saturated rings. The van der Waals surface area contributed by atoms with Crippen molar-refractivity contribution in [3.05, 3.63) is 48.2 Å². The molecule has 1 aromatic carbocycles. The van der Waals surface area contributed by atoms with E-state index in [0.29, 0.717) is 37.1 Å². The Labute approximate surface area is 259 Å². The Kier molecular flexibility index (Phi) is 13.5. The molecule has 1 saturated heterocycles. The van der Waals surface area contributed by atoms with E-state index in [1.165, 1.54) is 52.1 Å². The maximum absolute atomic E-state index is 13.0. The van der Waals surface area contributed by atoms with E-state index in [2.05, 4.69) is 28.7 Å². The van der Waals surface area contributed by atoms with Crippen LogP contribution in [0.3, 0.4) is 0 Å². The lowest BCUT2D eigenvalue weighted by Crippen LogP contribution is -2.49. The molecule has 1 aliphatic carbocycles. The number of aliphatic imine (C=N–C) groups is 1. The number of carbonyl (C=O) groups is 2. The van der Waals surface area contributed by atoms with E-state index in [4.69, 9.17) is 14.2 Å². The number of nitrogens with zero attached hydrogens (tertiary/aromatic N) is 3. The first-order valence-corrected chi connectivity index (χ1v) is 15.9. The fraction of sp³-hybridized carbons (Fsp3) is 0.676. The first kappa shape index (κ1) is 34.6. The molecule has 9 nitrogen and oxygen atoms in total. The summed E-state index contributed by atoms with van der Waals surface area (Å²) < 4.78 is 16.6. The van der Waals surface area contributed by atoms with Gasteiger partial charge >= 0.3 is 12.1 Å². The number of benzene rings is 1. The van der Waals surface area contributed by atoms with Crippen molar-refractivity contribution < 1.29 is 23.8 Å². The van der Waals surface area contributed by atoms with Gasteiger partial charge in [0.15, 0.2) is 0 Å². The zero-order valence-corrected chi connectivity index (χ0v) is 27.1. The van der Waals surface area contributed by atoms with Crippen molar-refractivity contribution in [3.8, 4) is 0 Å². The predicted molar refractivity (Wildman–Crippen MR) is 171 cm³/mol. The second kappa shape index (κ2) is 16.8. The van der Waals surface area contributed by atoms with Gasteiger partial charge in [0.2, 0.25) is 0 Å². The standard InChI is InChI=1S/C34H54N4O5/c1-27(36-26-37(5)22-20-34(4)18-13-8-7-9-14-19-34)23-30(31(39)41-6)35-21-17-29-25-43-33(2,3)38(29)32(40)42-24-28-15-11-10-12-16-28/h10-12,15-16,26,29-30,35H,1,7-9,13-14,17-25H2,2-6H3/t29-,30?/m0/s1. The molecule has 1 N–H and O–H groups in total. The zero-order valence-electron chi connectivity index (χ0n) is 27.1. The Balaban J connectivity index is 1.47. The maximum Gasteiger partial charge on any atom is 0.412 e. The van der Waals surface area contributed by atoms with Crippen LogP contribution in [0.15, 0.2) is 47.6 Å². The van der Waals surface area contributed by atoms with E-state index in [1.54, 1.807) is 4.90 Å². The van der Waals surface area contributed by atoms with E-state index in [0.717, 1.165) is 18.5 Å². The van der Waals surface area contributed by atoms with Crippen LogP contribution in [0, 0.1) is 5.41 Å². The Bertz CT molecular complexity index is 1050. The minimum Gasteiger partial charge on any atom is -0.468 e. The van der Waals surface area contributed by atoms with Crippen molar-refractivity contribution in [3.63, 3.8) is 0 Å². The van der Waals surface area contributed by atoms with Crippen LogP contribution in [0.1, 0.15) is 90.5 Å². The van der Waals surface area contributed by atoms with Crippen molar-refractivity contribution in [2.45, 2.75) is 109 Å². The number of nitrogens with one attached hydrogen (secondary N) is 1. The van der Waals surface area contributed by atoms with E-state index < -0.39 is 17.9 Å². The number of esters is 1. The molecule has 3 rings (SSSR count). The van der Waals surface area contributed by atoms with Crippen LogP contribution >= 0.6 is 0 Å². The minimum atomic E-state index is -0.790. The fourth-order valence-corrected chi connectivity index (χ4v) is 6.04. The Hall–Kier alpha value is -2.91. The largest absolute Gasteiger partial charge is 0.468 e. The monoisotopic (exact) mass is 598 g/mol. The van der Waals surface area contributed by atoms with Crippen molar-refractivity contribution in [1.82, 2.24) is 15.1 Å². The van der Waals surface area contributed by atoms with Crippen molar-refractivity contribution in [1.29, 1.82) is 0 Å². The van der Waals surface area contributed by atoms with E-state index >= 15 is 0 Å². The molecular weight excluding hydrogens is 544 g/mol. The highest BCUT2D eigenvalue weighted by molar-refractivity contribution is 5.76. The fourth-order valence-electron chi connectivity index (χ4n) is 6.04. The summed E-state index contributed by atoms with van der Waals surface area (Å²) in [4.78, 5) is 33.9. The molecule has 43 heavy (non-hydrogen) atoms. The van der Waals surface area contributed by atoms with Crippen molar-refractivity contribution in [2.75, 3.05) is 33.9 Å². The number of carbonyl (C=O) groups excluding carboxylic acids is 2. The molecule has 0 aromatic heterocycles. The quantitative estimate of drug-likeness (QED) is 0.153. The highest BCUT2D eigenvalue weighted by atomic mass is 16.6. The molecule has 1 amide bonds. The summed E-state index contributed by atoms with van der Waals surface area (Å²) in [6, 6.07) is 8.80. The van der Waals surface area contributed by atoms with Gasteiger partial charge in [0.05, 0.1) is 26.1 Å². The summed E-state index contributed by atoms with van der Waals surface area (Å²) in [6.45, 7) is 12.2. The average molecular weight is 599 g/mol. The number of methoxy groups -OCH3 is 1. The van der Waals surface area contributed by atoms with Crippen molar-refractivity contribution in [2.24, 2.45) is 10.4 Å². The van der Waals surface area contributed by atoms with Crippen LogP contribution in [0.5, 0.6) is 0 Å². The summed E-state index contributed by atoms with van der Waals surface area (Å²) >= 11 is 0. The van der Waals surface area contributed by atoms with Gasteiger partial charge in [0.1, 0.15) is 18.4 Å². The van der Waals surface area contributed by atoms with Gasteiger partial charge in [-0.3, -0.25) is 9.69 Å². The summed E-state index contributed by atoms with van der Waals surface area (Å²) in [6.07, 6.45) is 12.8. The summed E-state index contributed by atoms with van der Waals surface area (Å²) in [7, 11) is 3.42. The maximum atomic E-state index is 13.0. The molecule has 9 heteroatoms. The van der Waals surface area contributed by atoms with E-state index in [9.17, 15) is 9.59 Å². The summed E-state index contributed by atoms with van der Waals surface area (Å²) in [5.41, 5.74) is 1.13. The Morgan fingerprint density at radius 3 is 2.51 bits per heavy atom. The summed E-state index contributed by atoms with van der Waals surface area (Å²) in [5, 5.41) is 3.29. The van der Waals surface area contributed by atoms with Crippen LogP contribution in [-0.4, -0.2) is 79.9 Å². The van der Waals surface area contributed by atoms with Gasteiger partial charge < -0.3 is 24.4 Å². The second-order valence-electron chi connectivity index (χ2n) is 13.0.